The molecule has 0 aliphatic rings. The minimum absolute atomic E-state index is 0.296. The Morgan fingerprint density at radius 1 is 1.20 bits per heavy atom. The summed E-state index contributed by atoms with van der Waals surface area (Å²) in [7, 11) is 3.01. The maximum atomic E-state index is 12.5. The number of ether oxygens (including phenoxy) is 1. The number of rotatable bonds is 5. The molecule has 4 rings (SSSR count). The van der Waals surface area contributed by atoms with Gasteiger partial charge in [-0.05, 0) is 35.3 Å². The van der Waals surface area contributed by atoms with Gasteiger partial charge in [0, 0.05) is 19.8 Å². The SMILES string of the molecule is CCOc1nc(Nc2cnc3c(c2)c(=O)n(C)c(=O)n3C)nc2[nH]c(CC)c(Br)c12. The van der Waals surface area contributed by atoms with Gasteiger partial charge in [0.1, 0.15) is 11.3 Å². The first-order valence-electron chi connectivity index (χ1n) is 9.39. The first-order valence-corrected chi connectivity index (χ1v) is 10.2. The minimum Gasteiger partial charge on any atom is -0.477 e. The summed E-state index contributed by atoms with van der Waals surface area (Å²) < 4.78 is 8.98. The summed E-state index contributed by atoms with van der Waals surface area (Å²) in [5.74, 6) is 0.741. The lowest BCUT2D eigenvalue weighted by molar-refractivity contribution is 0.331. The lowest BCUT2D eigenvalue weighted by Gasteiger charge is -2.10. The fourth-order valence-corrected chi connectivity index (χ4v) is 4.02. The molecule has 0 bridgehead atoms. The predicted molar refractivity (Wildman–Crippen MR) is 118 cm³/mol. The van der Waals surface area contributed by atoms with Crippen LogP contribution in [-0.4, -0.2) is 35.7 Å². The van der Waals surface area contributed by atoms with Crippen LogP contribution in [0, 0.1) is 0 Å². The van der Waals surface area contributed by atoms with E-state index < -0.39 is 11.2 Å². The molecule has 10 nitrogen and oxygen atoms in total. The molecular formula is C19H20BrN7O3. The first-order chi connectivity index (χ1) is 14.3. The molecule has 0 saturated carbocycles. The van der Waals surface area contributed by atoms with Gasteiger partial charge in [-0.15, -0.1) is 0 Å². The number of nitrogens with one attached hydrogen (secondary N) is 2. The summed E-state index contributed by atoms with van der Waals surface area (Å²) in [6, 6.07) is 1.63. The molecule has 4 aromatic rings. The third-order valence-corrected chi connectivity index (χ3v) is 5.69. The number of fused-ring (bicyclic) bond motifs is 2. The monoisotopic (exact) mass is 473 g/mol. The van der Waals surface area contributed by atoms with E-state index in [1.807, 2.05) is 13.8 Å². The van der Waals surface area contributed by atoms with Gasteiger partial charge in [0.15, 0.2) is 0 Å². The highest BCUT2D eigenvalue weighted by molar-refractivity contribution is 9.10. The molecule has 0 aliphatic carbocycles. The number of halogens is 1. The van der Waals surface area contributed by atoms with Gasteiger partial charge in [0.05, 0.1) is 33.7 Å². The van der Waals surface area contributed by atoms with Crippen LogP contribution in [0.15, 0.2) is 26.3 Å². The molecule has 30 heavy (non-hydrogen) atoms. The molecule has 0 unspecified atom stereocenters. The van der Waals surface area contributed by atoms with Crippen LogP contribution in [-0.2, 0) is 20.5 Å². The Kier molecular flexibility index (Phi) is 5.06. The lowest BCUT2D eigenvalue weighted by Crippen LogP contribution is -2.37. The summed E-state index contributed by atoms with van der Waals surface area (Å²) >= 11 is 3.59. The molecule has 4 heterocycles. The van der Waals surface area contributed by atoms with Gasteiger partial charge in [-0.25, -0.2) is 9.78 Å². The van der Waals surface area contributed by atoms with Crippen molar-refractivity contribution >= 4 is 49.6 Å². The smallest absolute Gasteiger partial charge is 0.332 e. The van der Waals surface area contributed by atoms with Crippen LogP contribution < -0.4 is 21.3 Å². The highest BCUT2D eigenvalue weighted by Crippen LogP contribution is 2.34. The predicted octanol–water partition coefficient (Wildman–Crippen LogP) is 2.37. The second-order valence-corrected chi connectivity index (χ2v) is 7.50. The maximum absolute atomic E-state index is 12.5. The fourth-order valence-electron chi connectivity index (χ4n) is 3.28. The van der Waals surface area contributed by atoms with Crippen molar-refractivity contribution in [3.05, 3.63) is 43.3 Å². The molecule has 2 N–H and O–H groups in total. The van der Waals surface area contributed by atoms with Gasteiger partial charge < -0.3 is 15.0 Å². The number of aromatic nitrogens is 6. The van der Waals surface area contributed by atoms with Crippen molar-refractivity contribution in [2.45, 2.75) is 20.3 Å². The number of aryl methyl sites for hydroxylation is 2. The zero-order valence-corrected chi connectivity index (χ0v) is 18.5. The molecule has 0 amide bonds. The molecule has 4 aromatic heterocycles. The van der Waals surface area contributed by atoms with Crippen LogP contribution >= 0.6 is 15.9 Å². The van der Waals surface area contributed by atoms with Crippen molar-refractivity contribution in [3.63, 3.8) is 0 Å². The second kappa shape index (κ2) is 7.56. The van der Waals surface area contributed by atoms with Gasteiger partial charge >= 0.3 is 5.69 Å². The third kappa shape index (κ3) is 3.15. The van der Waals surface area contributed by atoms with Crippen molar-refractivity contribution in [3.8, 4) is 5.88 Å². The molecule has 11 heteroatoms. The minimum atomic E-state index is -0.431. The van der Waals surface area contributed by atoms with Crippen LogP contribution in [0.4, 0.5) is 11.6 Å². The Morgan fingerprint density at radius 2 is 1.97 bits per heavy atom. The molecule has 0 fully saturated rings. The standard InChI is InChI=1S/C19H20BrN7O3/c1-5-11-13(20)12-14(23-11)24-18(25-16(12)30-6-2)22-9-7-10-15(21-8-9)26(3)19(29)27(4)17(10)28/h7-8H,5-6H2,1-4H3,(H2,22,23,24,25). The molecule has 0 aliphatic heterocycles. The Bertz CT molecular complexity index is 1400. The van der Waals surface area contributed by atoms with E-state index >= 15 is 0 Å². The summed E-state index contributed by atoms with van der Waals surface area (Å²) in [5, 5.41) is 4.17. The summed E-state index contributed by atoms with van der Waals surface area (Å²) in [5.41, 5.74) is 1.60. The van der Waals surface area contributed by atoms with Gasteiger partial charge in [-0.3, -0.25) is 13.9 Å². The van der Waals surface area contributed by atoms with E-state index in [-0.39, 0.29) is 0 Å². The normalized spacial score (nSPS) is 11.4. The van der Waals surface area contributed by atoms with Crippen molar-refractivity contribution in [2.75, 3.05) is 11.9 Å². The van der Waals surface area contributed by atoms with Gasteiger partial charge in [0.25, 0.3) is 5.56 Å². The number of anilines is 2. The van der Waals surface area contributed by atoms with Crippen molar-refractivity contribution in [2.24, 2.45) is 14.1 Å². The van der Waals surface area contributed by atoms with Crippen LogP contribution in [0.25, 0.3) is 22.1 Å². The number of aromatic amines is 1. The number of nitrogens with zero attached hydrogens (tertiary/aromatic N) is 5. The molecule has 0 spiro atoms. The van der Waals surface area contributed by atoms with E-state index in [9.17, 15) is 9.59 Å². The Balaban J connectivity index is 1.83. The average molecular weight is 474 g/mol. The summed E-state index contributed by atoms with van der Waals surface area (Å²) in [6.07, 6.45) is 2.32. The highest BCUT2D eigenvalue weighted by atomic mass is 79.9. The fraction of sp³-hybridized carbons (Fsp3) is 0.316. The number of pyridine rings is 1. The van der Waals surface area contributed by atoms with E-state index in [1.54, 1.807) is 13.1 Å². The maximum Gasteiger partial charge on any atom is 0.332 e. The van der Waals surface area contributed by atoms with Crippen LogP contribution in [0.1, 0.15) is 19.5 Å². The second-order valence-electron chi connectivity index (χ2n) is 6.71. The van der Waals surface area contributed by atoms with Gasteiger partial charge in [-0.1, -0.05) is 6.92 Å². The largest absolute Gasteiger partial charge is 0.477 e. The summed E-state index contributed by atoms with van der Waals surface area (Å²) in [4.78, 5) is 41.2. The van der Waals surface area contributed by atoms with Crippen LogP contribution in [0.5, 0.6) is 5.88 Å². The first kappa shape index (κ1) is 20.1. The Labute approximate surface area is 179 Å². The number of hydrogen-bond acceptors (Lipinski definition) is 7. The molecule has 156 valence electrons. The third-order valence-electron chi connectivity index (χ3n) is 4.81. The highest BCUT2D eigenvalue weighted by Gasteiger charge is 2.18. The zero-order chi connectivity index (χ0) is 21.6. The van der Waals surface area contributed by atoms with E-state index in [1.165, 1.54) is 17.8 Å². The topological polar surface area (TPSA) is 120 Å². The molecule has 0 atom stereocenters. The number of H-pyrrole nitrogens is 1. The Morgan fingerprint density at radius 3 is 2.67 bits per heavy atom. The molecular weight excluding hydrogens is 454 g/mol. The van der Waals surface area contributed by atoms with E-state index in [0.717, 1.165) is 26.5 Å². The van der Waals surface area contributed by atoms with Crippen molar-refractivity contribution in [1.29, 1.82) is 0 Å². The zero-order valence-electron chi connectivity index (χ0n) is 16.9. The lowest BCUT2D eigenvalue weighted by atomic mass is 10.3. The van der Waals surface area contributed by atoms with E-state index in [2.05, 4.69) is 41.2 Å². The Hall–Kier alpha value is -3.21. The summed E-state index contributed by atoms with van der Waals surface area (Å²) in [6.45, 7) is 4.37. The van der Waals surface area contributed by atoms with Gasteiger partial charge in [-0.2, -0.15) is 9.97 Å². The van der Waals surface area contributed by atoms with Crippen LogP contribution in [0.3, 0.4) is 0 Å². The van der Waals surface area contributed by atoms with E-state index in [0.29, 0.717) is 40.8 Å². The van der Waals surface area contributed by atoms with Crippen LogP contribution in [0.2, 0.25) is 0 Å². The molecule has 0 aromatic carbocycles. The van der Waals surface area contributed by atoms with Crippen molar-refractivity contribution < 1.29 is 4.74 Å². The molecule has 0 saturated heterocycles. The quantitative estimate of drug-likeness (QED) is 0.456. The number of hydrogen-bond donors (Lipinski definition) is 2. The average Bonchev–Trinajstić information content (AvgIpc) is 3.06. The van der Waals surface area contributed by atoms with E-state index in [4.69, 9.17) is 4.74 Å². The molecule has 0 radical (unpaired) electrons. The van der Waals surface area contributed by atoms with Crippen molar-refractivity contribution in [1.82, 2.24) is 29.1 Å². The van der Waals surface area contributed by atoms with Gasteiger partial charge in [0.2, 0.25) is 11.8 Å².